The molecule has 2 aliphatic heterocycles. The standard InChI is InChI=1S/C14H28N4O.HI/c1-15-14(16-6-9-18-7-3-4-8-18)17(2)11-13-5-10-19-12-13;/h13H,3-12H2,1-2H3,(H,15,16);1H. The zero-order valence-electron chi connectivity index (χ0n) is 12.8. The summed E-state index contributed by atoms with van der Waals surface area (Å²) in [5.74, 6) is 1.66. The number of rotatable bonds is 5. The third kappa shape index (κ3) is 5.73. The molecule has 6 heteroatoms. The van der Waals surface area contributed by atoms with Gasteiger partial charge >= 0.3 is 0 Å². The summed E-state index contributed by atoms with van der Waals surface area (Å²) in [6.45, 7) is 7.47. The fourth-order valence-electron chi connectivity index (χ4n) is 2.92. The van der Waals surface area contributed by atoms with E-state index in [9.17, 15) is 0 Å². The molecule has 2 fully saturated rings. The number of likely N-dealkylation sites (tertiary alicyclic amines) is 1. The lowest BCUT2D eigenvalue weighted by molar-refractivity contribution is 0.181. The van der Waals surface area contributed by atoms with Crippen LogP contribution in [0, 0.1) is 5.92 Å². The lowest BCUT2D eigenvalue weighted by Crippen LogP contribution is -2.44. The van der Waals surface area contributed by atoms with Crippen LogP contribution in [0.5, 0.6) is 0 Å². The minimum Gasteiger partial charge on any atom is -0.381 e. The van der Waals surface area contributed by atoms with E-state index in [0.29, 0.717) is 5.92 Å². The maximum atomic E-state index is 5.43. The van der Waals surface area contributed by atoms with Crippen LogP contribution in [0.2, 0.25) is 0 Å². The molecule has 2 rings (SSSR count). The average molecular weight is 396 g/mol. The second-order valence-corrected chi connectivity index (χ2v) is 5.63. The summed E-state index contributed by atoms with van der Waals surface area (Å²) in [6, 6.07) is 0. The SMILES string of the molecule is CN=C(NCCN1CCCC1)N(C)CC1CCOC1.I. The highest BCUT2D eigenvalue weighted by atomic mass is 127. The van der Waals surface area contributed by atoms with E-state index in [4.69, 9.17) is 4.74 Å². The Bertz CT molecular complexity index is 289. The van der Waals surface area contributed by atoms with Gasteiger partial charge in [-0.1, -0.05) is 0 Å². The third-order valence-corrected chi connectivity index (χ3v) is 4.04. The van der Waals surface area contributed by atoms with Gasteiger partial charge in [0.05, 0.1) is 6.61 Å². The molecule has 20 heavy (non-hydrogen) atoms. The quantitative estimate of drug-likeness (QED) is 0.432. The first-order valence-electron chi connectivity index (χ1n) is 7.51. The summed E-state index contributed by atoms with van der Waals surface area (Å²) in [5, 5.41) is 3.46. The van der Waals surface area contributed by atoms with Gasteiger partial charge in [-0.25, -0.2) is 0 Å². The topological polar surface area (TPSA) is 40.1 Å². The fourth-order valence-corrected chi connectivity index (χ4v) is 2.92. The van der Waals surface area contributed by atoms with Crippen LogP contribution < -0.4 is 5.32 Å². The Morgan fingerprint density at radius 2 is 2.15 bits per heavy atom. The zero-order chi connectivity index (χ0) is 13.5. The van der Waals surface area contributed by atoms with E-state index >= 15 is 0 Å². The highest BCUT2D eigenvalue weighted by Crippen LogP contribution is 2.13. The van der Waals surface area contributed by atoms with Gasteiger partial charge in [-0.3, -0.25) is 4.99 Å². The molecule has 0 amide bonds. The van der Waals surface area contributed by atoms with E-state index in [0.717, 1.165) is 38.8 Å². The van der Waals surface area contributed by atoms with E-state index in [1.165, 1.54) is 32.4 Å². The largest absolute Gasteiger partial charge is 0.381 e. The van der Waals surface area contributed by atoms with Crippen LogP contribution in [0.3, 0.4) is 0 Å². The summed E-state index contributed by atoms with van der Waals surface area (Å²) in [7, 11) is 3.98. The molecule has 1 atom stereocenters. The van der Waals surface area contributed by atoms with Crippen molar-refractivity contribution in [1.82, 2.24) is 15.1 Å². The Labute approximate surface area is 140 Å². The highest BCUT2D eigenvalue weighted by Gasteiger charge is 2.19. The first-order chi connectivity index (χ1) is 9.29. The normalized spacial score (nSPS) is 23.7. The predicted molar refractivity (Wildman–Crippen MR) is 94.0 cm³/mol. The Kier molecular flexibility index (Phi) is 8.79. The Balaban J connectivity index is 0.00000200. The molecule has 0 aromatic heterocycles. The van der Waals surface area contributed by atoms with Crippen LogP contribution in [0.4, 0.5) is 0 Å². The molecular formula is C14H29IN4O. The molecule has 1 unspecified atom stereocenters. The van der Waals surface area contributed by atoms with Gasteiger partial charge in [0.2, 0.25) is 0 Å². The number of nitrogens with one attached hydrogen (secondary N) is 1. The molecule has 2 heterocycles. The van der Waals surface area contributed by atoms with Crippen molar-refractivity contribution in [2.24, 2.45) is 10.9 Å². The number of nitrogens with zero attached hydrogens (tertiary/aromatic N) is 3. The first-order valence-corrected chi connectivity index (χ1v) is 7.51. The van der Waals surface area contributed by atoms with Gasteiger partial charge in [0.25, 0.3) is 0 Å². The van der Waals surface area contributed by atoms with Crippen molar-refractivity contribution in [2.75, 3.05) is 60.0 Å². The molecule has 0 radical (unpaired) electrons. The lowest BCUT2D eigenvalue weighted by Gasteiger charge is -2.25. The van der Waals surface area contributed by atoms with Gasteiger partial charge in [0, 0.05) is 46.3 Å². The number of hydrogen-bond acceptors (Lipinski definition) is 3. The number of guanidine groups is 1. The summed E-state index contributed by atoms with van der Waals surface area (Å²) in [4.78, 5) is 9.11. The van der Waals surface area contributed by atoms with Crippen LogP contribution in [0.25, 0.3) is 0 Å². The van der Waals surface area contributed by atoms with E-state index in [1.54, 1.807) is 0 Å². The van der Waals surface area contributed by atoms with Crippen LogP contribution in [0.15, 0.2) is 4.99 Å². The molecule has 0 aromatic carbocycles. The van der Waals surface area contributed by atoms with Gasteiger partial charge < -0.3 is 19.9 Å². The van der Waals surface area contributed by atoms with Crippen molar-refractivity contribution < 1.29 is 4.74 Å². The van der Waals surface area contributed by atoms with Crippen LogP contribution in [-0.2, 0) is 4.74 Å². The molecule has 5 nitrogen and oxygen atoms in total. The van der Waals surface area contributed by atoms with E-state index in [2.05, 4.69) is 27.2 Å². The fraction of sp³-hybridized carbons (Fsp3) is 0.929. The Morgan fingerprint density at radius 1 is 1.40 bits per heavy atom. The maximum Gasteiger partial charge on any atom is 0.193 e. The molecule has 0 bridgehead atoms. The molecular weight excluding hydrogens is 367 g/mol. The average Bonchev–Trinajstić information content (AvgIpc) is 3.07. The number of ether oxygens (including phenoxy) is 1. The molecule has 1 N–H and O–H groups in total. The van der Waals surface area contributed by atoms with E-state index in [-0.39, 0.29) is 24.0 Å². The third-order valence-electron chi connectivity index (χ3n) is 4.04. The lowest BCUT2D eigenvalue weighted by atomic mass is 10.1. The second kappa shape index (κ2) is 9.78. The smallest absolute Gasteiger partial charge is 0.193 e. The summed E-state index contributed by atoms with van der Waals surface area (Å²) >= 11 is 0. The van der Waals surface area contributed by atoms with E-state index in [1.807, 2.05) is 7.05 Å². The van der Waals surface area contributed by atoms with Crippen molar-refractivity contribution >= 4 is 29.9 Å². The van der Waals surface area contributed by atoms with Gasteiger partial charge in [0.15, 0.2) is 5.96 Å². The Hall–Kier alpha value is -0.0800. The zero-order valence-corrected chi connectivity index (χ0v) is 15.1. The molecule has 0 aliphatic carbocycles. The van der Waals surface area contributed by atoms with Gasteiger partial charge in [-0.15, -0.1) is 24.0 Å². The minimum absolute atomic E-state index is 0. The van der Waals surface area contributed by atoms with Crippen LogP contribution in [-0.4, -0.2) is 75.8 Å². The number of hydrogen-bond donors (Lipinski definition) is 1. The number of halogens is 1. The van der Waals surface area contributed by atoms with Gasteiger partial charge in [-0.05, 0) is 32.4 Å². The molecule has 0 aromatic rings. The van der Waals surface area contributed by atoms with Gasteiger partial charge in [0.1, 0.15) is 0 Å². The monoisotopic (exact) mass is 396 g/mol. The van der Waals surface area contributed by atoms with Crippen molar-refractivity contribution in [1.29, 1.82) is 0 Å². The summed E-state index contributed by atoms with van der Waals surface area (Å²) in [5.41, 5.74) is 0. The number of aliphatic imine (C=N–C) groups is 1. The second-order valence-electron chi connectivity index (χ2n) is 5.63. The molecule has 118 valence electrons. The van der Waals surface area contributed by atoms with Gasteiger partial charge in [-0.2, -0.15) is 0 Å². The molecule has 0 spiro atoms. The minimum atomic E-state index is 0. The van der Waals surface area contributed by atoms with Crippen molar-refractivity contribution in [2.45, 2.75) is 19.3 Å². The van der Waals surface area contributed by atoms with Crippen molar-refractivity contribution in [3.63, 3.8) is 0 Å². The summed E-state index contributed by atoms with van der Waals surface area (Å²) < 4.78 is 5.43. The maximum absolute atomic E-state index is 5.43. The van der Waals surface area contributed by atoms with E-state index < -0.39 is 0 Å². The molecule has 2 saturated heterocycles. The highest BCUT2D eigenvalue weighted by molar-refractivity contribution is 14.0. The summed E-state index contributed by atoms with van der Waals surface area (Å²) in [6.07, 6.45) is 3.89. The van der Waals surface area contributed by atoms with Crippen molar-refractivity contribution in [3.05, 3.63) is 0 Å². The molecule has 2 aliphatic rings. The van der Waals surface area contributed by atoms with Crippen molar-refractivity contribution in [3.8, 4) is 0 Å². The van der Waals surface area contributed by atoms with Crippen LogP contribution >= 0.6 is 24.0 Å². The molecule has 0 saturated carbocycles. The Morgan fingerprint density at radius 3 is 2.75 bits per heavy atom. The first kappa shape index (κ1) is 18.0. The van der Waals surface area contributed by atoms with Crippen LogP contribution in [0.1, 0.15) is 19.3 Å². The predicted octanol–water partition coefficient (Wildman–Crippen LogP) is 1.24.